The van der Waals surface area contributed by atoms with E-state index in [0.29, 0.717) is 41.5 Å². The van der Waals surface area contributed by atoms with Gasteiger partial charge in [0.05, 0.1) is 23.9 Å². The lowest BCUT2D eigenvalue weighted by Gasteiger charge is -2.34. The summed E-state index contributed by atoms with van der Waals surface area (Å²) in [5, 5.41) is 0.319. The van der Waals surface area contributed by atoms with Crippen LogP contribution in [0.1, 0.15) is 86.6 Å². The molecular weight excluding hydrogens is 524 g/mol. The summed E-state index contributed by atoms with van der Waals surface area (Å²) in [5.74, 6) is -0.507. The molecule has 9 heteroatoms. The number of fused-ring (bicyclic) bond motifs is 1. The molecular formula is C32H38N2O7. The number of nitrogens with zero attached hydrogens (tertiary/aromatic N) is 2. The van der Waals surface area contributed by atoms with Gasteiger partial charge in [0.25, 0.3) is 0 Å². The van der Waals surface area contributed by atoms with Crippen LogP contribution in [-0.4, -0.2) is 65.3 Å². The maximum atomic E-state index is 13.5. The molecule has 0 radical (unpaired) electrons. The van der Waals surface area contributed by atoms with Gasteiger partial charge in [0.1, 0.15) is 11.2 Å². The highest BCUT2D eigenvalue weighted by molar-refractivity contribution is 6.16. The molecule has 1 aromatic heterocycles. The Morgan fingerprint density at radius 3 is 2.12 bits per heavy atom. The topological polar surface area (TPSA) is 104 Å². The number of hydrogen-bond acceptors (Lipinski definition) is 7. The molecule has 1 unspecified atom stereocenters. The lowest BCUT2D eigenvalue weighted by molar-refractivity contribution is 0.0197. The Hall–Kier alpha value is -4.14. The number of carbonyl (C=O) groups is 4. The van der Waals surface area contributed by atoms with Gasteiger partial charge < -0.3 is 19.1 Å². The number of aldehydes is 1. The van der Waals surface area contributed by atoms with Gasteiger partial charge in [-0.25, -0.2) is 19.0 Å². The Kier molecular flexibility index (Phi) is 8.29. The molecule has 0 saturated carbocycles. The third-order valence-electron chi connectivity index (χ3n) is 6.86. The first kappa shape index (κ1) is 29.8. The zero-order valence-electron chi connectivity index (χ0n) is 24.8. The van der Waals surface area contributed by atoms with Crippen LogP contribution < -0.4 is 0 Å². The number of amides is 1. The standard InChI is InChI=1S/C32H38N2O7/c1-31(2,3)40-29(37)33-17-9-10-22(18-33)20-13-15-21(16-14-20)27-24(19-35)26-23(28(36)39-7)11-8-12-25(26)34(27)30(38)41-32(4,5)6/h8,11-16,19,22H,9-10,17-18H2,1-7H3. The maximum Gasteiger partial charge on any atom is 0.419 e. The van der Waals surface area contributed by atoms with E-state index in [1.165, 1.54) is 11.7 Å². The van der Waals surface area contributed by atoms with Crippen molar-refractivity contribution in [2.45, 2.75) is 71.5 Å². The first-order chi connectivity index (χ1) is 19.2. The smallest absolute Gasteiger partial charge is 0.419 e. The molecule has 1 fully saturated rings. The van der Waals surface area contributed by atoms with E-state index in [0.717, 1.165) is 18.4 Å². The first-order valence-electron chi connectivity index (χ1n) is 13.8. The zero-order valence-corrected chi connectivity index (χ0v) is 24.8. The van der Waals surface area contributed by atoms with Crippen molar-refractivity contribution in [1.29, 1.82) is 0 Å². The van der Waals surface area contributed by atoms with Crippen molar-refractivity contribution in [3.63, 3.8) is 0 Å². The Morgan fingerprint density at radius 2 is 1.54 bits per heavy atom. The molecule has 1 amide bonds. The molecule has 3 aromatic rings. The van der Waals surface area contributed by atoms with Crippen LogP contribution in [0.2, 0.25) is 0 Å². The lowest BCUT2D eigenvalue weighted by Crippen LogP contribution is -2.42. The fraction of sp³-hybridized carbons (Fsp3) is 0.438. The number of carbonyl (C=O) groups excluding carboxylic acids is 4. The number of benzene rings is 2. The maximum absolute atomic E-state index is 13.5. The second-order valence-corrected chi connectivity index (χ2v) is 12.3. The van der Waals surface area contributed by atoms with E-state index >= 15 is 0 Å². The minimum absolute atomic E-state index is 0.110. The van der Waals surface area contributed by atoms with Crippen molar-refractivity contribution in [2.75, 3.05) is 20.2 Å². The minimum atomic E-state index is -0.795. The molecule has 1 aliphatic heterocycles. The summed E-state index contributed by atoms with van der Waals surface area (Å²) >= 11 is 0. The SMILES string of the molecule is COC(=O)c1cccc2c1c(C=O)c(-c1ccc(C3CCCN(C(=O)OC(C)(C)C)C3)cc1)n2C(=O)OC(C)(C)C. The fourth-order valence-electron chi connectivity index (χ4n) is 5.20. The van der Waals surface area contributed by atoms with Gasteiger partial charge in [-0.15, -0.1) is 0 Å². The number of aromatic nitrogens is 1. The number of likely N-dealkylation sites (tertiary alicyclic amines) is 1. The first-order valence-corrected chi connectivity index (χ1v) is 13.8. The zero-order chi connectivity index (χ0) is 30.1. The number of ether oxygens (including phenoxy) is 3. The molecule has 4 rings (SSSR count). The third-order valence-corrected chi connectivity index (χ3v) is 6.86. The lowest BCUT2D eigenvalue weighted by atomic mass is 9.90. The van der Waals surface area contributed by atoms with Crippen LogP contribution in [0.3, 0.4) is 0 Å². The molecule has 0 N–H and O–H groups in total. The second-order valence-electron chi connectivity index (χ2n) is 12.3. The van der Waals surface area contributed by atoms with E-state index in [1.54, 1.807) is 43.9 Å². The average molecular weight is 563 g/mol. The second kappa shape index (κ2) is 11.4. The fourth-order valence-corrected chi connectivity index (χ4v) is 5.20. The molecule has 0 aliphatic carbocycles. The van der Waals surface area contributed by atoms with E-state index in [1.807, 2.05) is 45.0 Å². The van der Waals surface area contributed by atoms with Crippen molar-refractivity contribution < 1.29 is 33.4 Å². The van der Waals surface area contributed by atoms with E-state index < -0.39 is 23.3 Å². The molecule has 2 heterocycles. The summed E-state index contributed by atoms with van der Waals surface area (Å²) in [5.41, 5.74) is 1.33. The Morgan fingerprint density at radius 1 is 0.902 bits per heavy atom. The number of methoxy groups -OCH3 is 1. The highest BCUT2D eigenvalue weighted by Gasteiger charge is 2.31. The summed E-state index contributed by atoms with van der Waals surface area (Å²) in [6.45, 7) is 12.0. The summed E-state index contributed by atoms with van der Waals surface area (Å²) in [6.07, 6.45) is 1.43. The van der Waals surface area contributed by atoms with E-state index in [2.05, 4.69) is 0 Å². The van der Waals surface area contributed by atoms with Crippen LogP contribution in [-0.2, 0) is 14.2 Å². The Labute approximate surface area is 240 Å². The summed E-state index contributed by atoms with van der Waals surface area (Å²) in [7, 11) is 1.27. The highest BCUT2D eigenvalue weighted by Crippen LogP contribution is 2.37. The van der Waals surface area contributed by atoms with Crippen LogP contribution in [0.4, 0.5) is 9.59 Å². The van der Waals surface area contributed by atoms with E-state index in [-0.39, 0.29) is 23.1 Å². The van der Waals surface area contributed by atoms with Crippen LogP contribution in [0, 0.1) is 0 Å². The molecule has 218 valence electrons. The quantitative estimate of drug-likeness (QED) is 0.196. The average Bonchev–Trinajstić information content (AvgIpc) is 3.25. The van der Waals surface area contributed by atoms with Gasteiger partial charge >= 0.3 is 18.2 Å². The van der Waals surface area contributed by atoms with Gasteiger partial charge in [-0.05, 0) is 77.6 Å². The van der Waals surface area contributed by atoms with Crippen molar-refractivity contribution in [2.24, 2.45) is 0 Å². The van der Waals surface area contributed by atoms with E-state index in [9.17, 15) is 19.2 Å². The normalized spacial score (nSPS) is 15.9. The number of hydrogen-bond donors (Lipinski definition) is 0. The van der Waals surface area contributed by atoms with E-state index in [4.69, 9.17) is 14.2 Å². The molecule has 1 saturated heterocycles. The number of piperidine rings is 1. The number of rotatable bonds is 4. The van der Waals surface area contributed by atoms with Crippen molar-refractivity contribution in [1.82, 2.24) is 9.47 Å². The van der Waals surface area contributed by atoms with Gasteiger partial charge in [-0.3, -0.25) is 4.79 Å². The monoisotopic (exact) mass is 562 g/mol. The molecule has 0 spiro atoms. The summed E-state index contributed by atoms with van der Waals surface area (Å²) in [6, 6.07) is 12.5. The number of esters is 1. The largest absolute Gasteiger partial charge is 0.465 e. The van der Waals surface area contributed by atoms with Crippen molar-refractivity contribution >= 4 is 35.3 Å². The Balaban J connectivity index is 1.78. The van der Waals surface area contributed by atoms with Crippen molar-refractivity contribution in [3.8, 4) is 11.3 Å². The van der Waals surface area contributed by atoms with Crippen LogP contribution in [0.15, 0.2) is 42.5 Å². The Bertz CT molecular complexity index is 1470. The molecule has 1 atom stereocenters. The van der Waals surface area contributed by atoms with Gasteiger partial charge in [0.15, 0.2) is 6.29 Å². The molecule has 41 heavy (non-hydrogen) atoms. The molecule has 9 nitrogen and oxygen atoms in total. The highest BCUT2D eigenvalue weighted by atomic mass is 16.6. The van der Waals surface area contributed by atoms with Gasteiger partial charge in [0.2, 0.25) is 0 Å². The van der Waals surface area contributed by atoms with Gasteiger partial charge in [-0.1, -0.05) is 30.3 Å². The van der Waals surface area contributed by atoms with Crippen LogP contribution in [0.5, 0.6) is 0 Å². The predicted octanol–water partition coefficient (Wildman–Crippen LogP) is 6.81. The van der Waals surface area contributed by atoms with Crippen LogP contribution >= 0.6 is 0 Å². The minimum Gasteiger partial charge on any atom is -0.465 e. The van der Waals surface area contributed by atoms with Crippen LogP contribution in [0.25, 0.3) is 22.2 Å². The summed E-state index contributed by atoms with van der Waals surface area (Å²) < 4.78 is 17.6. The van der Waals surface area contributed by atoms with Gasteiger partial charge in [-0.2, -0.15) is 0 Å². The molecule has 2 aromatic carbocycles. The third kappa shape index (κ3) is 6.45. The predicted molar refractivity (Wildman–Crippen MR) is 156 cm³/mol. The van der Waals surface area contributed by atoms with Crippen molar-refractivity contribution in [3.05, 3.63) is 59.2 Å². The molecule has 1 aliphatic rings. The molecule has 0 bridgehead atoms. The summed E-state index contributed by atoms with van der Waals surface area (Å²) in [4.78, 5) is 53.1. The van der Waals surface area contributed by atoms with Gasteiger partial charge in [0, 0.05) is 30.0 Å².